The molecule has 1 rings (SSSR count). The summed E-state index contributed by atoms with van der Waals surface area (Å²) >= 11 is 0. The number of rotatable bonds is 6. The van der Waals surface area contributed by atoms with E-state index in [9.17, 15) is 26.7 Å². The quantitative estimate of drug-likeness (QED) is 0.288. The summed E-state index contributed by atoms with van der Waals surface area (Å²) in [5, 5.41) is 2.35. The first-order valence-corrected chi connectivity index (χ1v) is 5.85. The van der Waals surface area contributed by atoms with Crippen molar-refractivity contribution in [3.63, 3.8) is 0 Å². The van der Waals surface area contributed by atoms with Crippen molar-refractivity contribution in [1.82, 2.24) is 5.32 Å². The molecule has 1 aromatic rings. The van der Waals surface area contributed by atoms with E-state index in [0.717, 1.165) is 0 Å². The van der Waals surface area contributed by atoms with Gasteiger partial charge in [-0.1, -0.05) is 0 Å². The van der Waals surface area contributed by atoms with Crippen LogP contribution in [0.2, 0.25) is 0 Å². The summed E-state index contributed by atoms with van der Waals surface area (Å²) in [6.45, 7) is 2.43. The lowest BCUT2D eigenvalue weighted by Crippen LogP contribution is -2.37. The van der Waals surface area contributed by atoms with Crippen molar-refractivity contribution in [2.75, 3.05) is 13.3 Å². The molecule has 0 unspecified atom stereocenters. The van der Waals surface area contributed by atoms with Crippen molar-refractivity contribution in [2.24, 2.45) is 0 Å². The molecule has 0 aliphatic heterocycles. The highest BCUT2D eigenvalue weighted by Crippen LogP contribution is 2.28. The van der Waals surface area contributed by atoms with Gasteiger partial charge in [-0.05, 0) is 13.8 Å². The molecule has 1 N–H and O–H groups in total. The van der Waals surface area contributed by atoms with Gasteiger partial charge in [0.05, 0.1) is 6.61 Å². The van der Waals surface area contributed by atoms with Gasteiger partial charge in [-0.15, -0.1) is 0 Å². The lowest BCUT2D eigenvalue weighted by molar-refractivity contribution is -0.145. The van der Waals surface area contributed by atoms with Crippen molar-refractivity contribution in [3.05, 3.63) is 29.1 Å². The van der Waals surface area contributed by atoms with Crippen molar-refractivity contribution in [3.8, 4) is 5.75 Å². The molecule has 21 heavy (non-hydrogen) atoms. The van der Waals surface area contributed by atoms with E-state index >= 15 is 0 Å². The fraction of sp³-hybridized carbons (Fsp3) is 0.417. The van der Waals surface area contributed by atoms with Gasteiger partial charge in [-0.2, -0.15) is 8.78 Å². The van der Waals surface area contributed by atoms with Crippen LogP contribution in [0, 0.1) is 29.1 Å². The van der Waals surface area contributed by atoms with Gasteiger partial charge >= 0.3 is 5.97 Å². The molecular weight excluding hydrogens is 301 g/mol. The SMILES string of the molecule is CCOC(=O)[C@H](C)NCOc1c(F)c(F)c(F)c(F)c1F. The second kappa shape index (κ2) is 7.21. The first-order chi connectivity index (χ1) is 9.81. The summed E-state index contributed by atoms with van der Waals surface area (Å²) in [6.07, 6.45) is 0. The van der Waals surface area contributed by atoms with E-state index in [4.69, 9.17) is 0 Å². The number of nitrogens with one attached hydrogen (secondary N) is 1. The highest BCUT2D eigenvalue weighted by molar-refractivity contribution is 5.75. The molecule has 9 heteroatoms. The van der Waals surface area contributed by atoms with Crippen molar-refractivity contribution < 1.29 is 36.2 Å². The number of ether oxygens (including phenoxy) is 2. The third-order valence-electron chi connectivity index (χ3n) is 2.42. The molecule has 0 saturated carbocycles. The molecule has 0 bridgehead atoms. The number of esters is 1. The van der Waals surface area contributed by atoms with Crippen LogP contribution < -0.4 is 10.1 Å². The minimum Gasteiger partial charge on any atom is -0.472 e. The van der Waals surface area contributed by atoms with Gasteiger partial charge in [0, 0.05) is 0 Å². The molecule has 0 amide bonds. The Balaban J connectivity index is 2.75. The van der Waals surface area contributed by atoms with Gasteiger partial charge in [-0.3, -0.25) is 10.1 Å². The lowest BCUT2D eigenvalue weighted by Gasteiger charge is -2.14. The maximum absolute atomic E-state index is 13.2. The molecule has 4 nitrogen and oxygen atoms in total. The Morgan fingerprint density at radius 1 is 1.05 bits per heavy atom. The Labute approximate surface area is 116 Å². The van der Waals surface area contributed by atoms with Gasteiger partial charge in [0.25, 0.3) is 0 Å². The molecule has 0 aliphatic rings. The number of carbonyl (C=O) groups is 1. The third-order valence-corrected chi connectivity index (χ3v) is 2.42. The second-order valence-corrected chi connectivity index (χ2v) is 3.87. The van der Waals surface area contributed by atoms with Gasteiger partial charge in [0.1, 0.15) is 12.8 Å². The Morgan fingerprint density at radius 2 is 1.52 bits per heavy atom. The average molecular weight is 313 g/mol. The van der Waals surface area contributed by atoms with Crippen LogP contribution >= 0.6 is 0 Å². The zero-order valence-corrected chi connectivity index (χ0v) is 11.1. The van der Waals surface area contributed by atoms with Crippen LogP contribution in [0.15, 0.2) is 0 Å². The van der Waals surface area contributed by atoms with E-state index in [0.29, 0.717) is 0 Å². The van der Waals surface area contributed by atoms with E-state index in [1.54, 1.807) is 6.92 Å². The summed E-state index contributed by atoms with van der Waals surface area (Å²) in [7, 11) is 0. The Hall–Kier alpha value is -1.90. The molecule has 1 atom stereocenters. The van der Waals surface area contributed by atoms with Gasteiger partial charge in [0.15, 0.2) is 5.75 Å². The third kappa shape index (κ3) is 3.81. The first kappa shape index (κ1) is 17.2. The zero-order valence-electron chi connectivity index (χ0n) is 11.1. The van der Waals surface area contributed by atoms with E-state index in [2.05, 4.69) is 14.8 Å². The molecule has 0 spiro atoms. The summed E-state index contributed by atoms with van der Waals surface area (Å²) < 4.78 is 74.1. The highest BCUT2D eigenvalue weighted by Gasteiger charge is 2.27. The molecule has 118 valence electrons. The van der Waals surface area contributed by atoms with E-state index in [1.165, 1.54) is 6.92 Å². The lowest BCUT2D eigenvalue weighted by atomic mass is 10.2. The maximum Gasteiger partial charge on any atom is 0.322 e. The van der Waals surface area contributed by atoms with Crippen LogP contribution in [0.25, 0.3) is 0 Å². The van der Waals surface area contributed by atoms with E-state index < -0.39 is 53.6 Å². The standard InChI is InChI=1S/C12H12F5NO3/c1-3-20-12(19)5(2)18-4-21-11-9(16)7(14)6(13)8(15)10(11)17/h5,18H,3-4H2,1-2H3/t5-/m0/s1. The van der Waals surface area contributed by atoms with Crippen LogP contribution in [0.3, 0.4) is 0 Å². The molecule has 0 radical (unpaired) electrons. The average Bonchev–Trinajstić information content (AvgIpc) is 2.46. The van der Waals surface area contributed by atoms with Crippen LogP contribution in [0.4, 0.5) is 22.0 Å². The predicted molar refractivity (Wildman–Crippen MR) is 61.0 cm³/mol. The molecular formula is C12H12F5NO3. The molecule has 1 aromatic carbocycles. The minimum atomic E-state index is -2.27. The van der Waals surface area contributed by atoms with Crippen molar-refractivity contribution >= 4 is 5.97 Å². The molecule has 0 saturated heterocycles. The van der Waals surface area contributed by atoms with Gasteiger partial charge in [-0.25, -0.2) is 13.2 Å². The van der Waals surface area contributed by atoms with E-state index in [1.807, 2.05) is 0 Å². The van der Waals surface area contributed by atoms with Crippen LogP contribution in [0.1, 0.15) is 13.8 Å². The summed E-state index contributed by atoms with van der Waals surface area (Å²) in [5.41, 5.74) is 0. The Kier molecular flexibility index (Phi) is 5.89. The van der Waals surface area contributed by atoms with Crippen LogP contribution in [-0.4, -0.2) is 25.3 Å². The number of hydrogen-bond donors (Lipinski definition) is 1. The van der Waals surface area contributed by atoms with Crippen LogP contribution in [-0.2, 0) is 9.53 Å². The van der Waals surface area contributed by atoms with Gasteiger partial charge < -0.3 is 9.47 Å². The topological polar surface area (TPSA) is 47.6 Å². The number of halogens is 5. The van der Waals surface area contributed by atoms with Gasteiger partial charge in [0.2, 0.25) is 29.1 Å². The normalized spacial score (nSPS) is 12.1. The fourth-order valence-electron chi connectivity index (χ4n) is 1.30. The Morgan fingerprint density at radius 3 is 2.00 bits per heavy atom. The number of benzene rings is 1. The molecule has 0 aliphatic carbocycles. The summed E-state index contributed by atoms with van der Waals surface area (Å²) in [5.74, 6) is -12.7. The zero-order chi connectivity index (χ0) is 16.2. The molecule has 0 aromatic heterocycles. The maximum atomic E-state index is 13.2. The molecule has 0 fully saturated rings. The van der Waals surface area contributed by atoms with E-state index in [-0.39, 0.29) is 6.61 Å². The first-order valence-electron chi connectivity index (χ1n) is 5.85. The summed E-state index contributed by atoms with van der Waals surface area (Å²) in [6, 6.07) is -0.883. The fourth-order valence-corrected chi connectivity index (χ4v) is 1.30. The number of hydrogen-bond acceptors (Lipinski definition) is 4. The molecule has 0 heterocycles. The smallest absolute Gasteiger partial charge is 0.322 e. The largest absolute Gasteiger partial charge is 0.472 e. The summed E-state index contributed by atoms with van der Waals surface area (Å²) in [4.78, 5) is 11.2. The monoisotopic (exact) mass is 313 g/mol. The number of carbonyl (C=O) groups excluding carboxylic acids is 1. The van der Waals surface area contributed by atoms with Crippen LogP contribution in [0.5, 0.6) is 5.75 Å². The second-order valence-electron chi connectivity index (χ2n) is 3.87. The minimum absolute atomic E-state index is 0.128. The highest BCUT2D eigenvalue weighted by atomic mass is 19.2. The predicted octanol–water partition coefficient (Wildman–Crippen LogP) is 2.26. The Bertz CT molecular complexity index is 509. The van der Waals surface area contributed by atoms with Crippen molar-refractivity contribution in [2.45, 2.75) is 19.9 Å². The van der Waals surface area contributed by atoms with Crippen molar-refractivity contribution in [1.29, 1.82) is 0 Å².